The van der Waals surface area contributed by atoms with Gasteiger partial charge >= 0.3 is 0 Å². The molecular weight excluding hydrogens is 260 g/mol. The number of fused-ring (bicyclic) bond motifs is 1. The lowest BCUT2D eigenvalue weighted by molar-refractivity contribution is 0.224. The van der Waals surface area contributed by atoms with Gasteiger partial charge in [-0.3, -0.25) is 4.90 Å². The second-order valence-electron chi connectivity index (χ2n) is 6.08. The SMILES string of the molecule is CCCCCC(C)NCCN1CCOc2ccccc2C1. The van der Waals surface area contributed by atoms with Crippen molar-refractivity contribution in [3.8, 4) is 5.75 Å². The average molecular weight is 290 g/mol. The van der Waals surface area contributed by atoms with Gasteiger partial charge in [0.2, 0.25) is 0 Å². The molecule has 2 rings (SSSR count). The fourth-order valence-electron chi connectivity index (χ4n) is 2.84. The molecule has 1 aromatic carbocycles. The zero-order valence-corrected chi connectivity index (χ0v) is 13.6. The number of hydrogen-bond donors (Lipinski definition) is 1. The maximum Gasteiger partial charge on any atom is 0.123 e. The van der Waals surface area contributed by atoms with E-state index in [1.807, 2.05) is 6.07 Å². The van der Waals surface area contributed by atoms with Crippen LogP contribution in [0.1, 0.15) is 45.1 Å². The quantitative estimate of drug-likeness (QED) is 0.742. The molecule has 0 radical (unpaired) electrons. The van der Waals surface area contributed by atoms with E-state index in [1.54, 1.807) is 0 Å². The molecule has 0 spiro atoms. The molecule has 1 atom stereocenters. The van der Waals surface area contributed by atoms with Gasteiger partial charge in [0, 0.05) is 37.8 Å². The Kier molecular flexibility index (Phi) is 7.04. The van der Waals surface area contributed by atoms with Crippen LogP contribution in [-0.4, -0.2) is 37.2 Å². The van der Waals surface area contributed by atoms with E-state index in [2.05, 4.69) is 42.3 Å². The topological polar surface area (TPSA) is 24.5 Å². The second kappa shape index (κ2) is 9.06. The summed E-state index contributed by atoms with van der Waals surface area (Å²) in [5.74, 6) is 1.06. The number of nitrogens with zero attached hydrogens (tertiary/aromatic N) is 1. The molecule has 21 heavy (non-hydrogen) atoms. The van der Waals surface area contributed by atoms with Crippen molar-refractivity contribution in [2.45, 2.75) is 52.1 Å². The molecule has 0 amide bonds. The van der Waals surface area contributed by atoms with E-state index in [-0.39, 0.29) is 0 Å². The van der Waals surface area contributed by atoms with Crippen molar-refractivity contribution in [1.29, 1.82) is 0 Å². The molecule has 0 saturated carbocycles. The molecule has 1 unspecified atom stereocenters. The van der Waals surface area contributed by atoms with Gasteiger partial charge in [-0.2, -0.15) is 0 Å². The number of rotatable bonds is 8. The van der Waals surface area contributed by atoms with Crippen LogP contribution in [0.15, 0.2) is 24.3 Å². The normalized spacial score (nSPS) is 16.9. The molecule has 3 nitrogen and oxygen atoms in total. The second-order valence-corrected chi connectivity index (χ2v) is 6.08. The maximum atomic E-state index is 5.81. The smallest absolute Gasteiger partial charge is 0.123 e. The summed E-state index contributed by atoms with van der Waals surface area (Å²) in [4.78, 5) is 2.48. The first-order valence-electron chi connectivity index (χ1n) is 8.46. The number of nitrogens with one attached hydrogen (secondary N) is 1. The van der Waals surface area contributed by atoms with Crippen LogP contribution >= 0.6 is 0 Å². The van der Waals surface area contributed by atoms with E-state index < -0.39 is 0 Å². The standard InChI is InChI=1S/C18H30N2O/c1-3-4-5-8-16(2)19-11-12-20-13-14-21-18-10-7-6-9-17(18)15-20/h6-7,9-10,16,19H,3-5,8,11-15H2,1-2H3. The molecule has 118 valence electrons. The highest BCUT2D eigenvalue weighted by molar-refractivity contribution is 5.33. The lowest BCUT2D eigenvalue weighted by Crippen LogP contribution is -2.36. The molecule has 1 heterocycles. The number of unbranched alkanes of at least 4 members (excludes halogenated alkanes) is 2. The van der Waals surface area contributed by atoms with Crippen LogP contribution < -0.4 is 10.1 Å². The lowest BCUT2D eigenvalue weighted by Gasteiger charge is -2.21. The predicted octanol–water partition coefficient (Wildman–Crippen LogP) is 3.44. The average Bonchev–Trinajstić information content (AvgIpc) is 2.69. The van der Waals surface area contributed by atoms with Crippen LogP contribution in [0.2, 0.25) is 0 Å². The summed E-state index contributed by atoms with van der Waals surface area (Å²) in [5.41, 5.74) is 1.31. The van der Waals surface area contributed by atoms with Gasteiger partial charge in [0.15, 0.2) is 0 Å². The van der Waals surface area contributed by atoms with Crippen molar-refractivity contribution < 1.29 is 4.74 Å². The highest BCUT2D eigenvalue weighted by atomic mass is 16.5. The van der Waals surface area contributed by atoms with Crippen molar-refractivity contribution in [3.63, 3.8) is 0 Å². The van der Waals surface area contributed by atoms with E-state index in [0.717, 1.165) is 38.5 Å². The Balaban J connectivity index is 1.69. The zero-order chi connectivity index (χ0) is 14.9. The van der Waals surface area contributed by atoms with Gasteiger partial charge in [-0.1, -0.05) is 44.4 Å². The summed E-state index contributed by atoms with van der Waals surface area (Å²) in [6.07, 6.45) is 5.29. The highest BCUT2D eigenvalue weighted by Gasteiger charge is 2.14. The predicted molar refractivity (Wildman–Crippen MR) is 88.8 cm³/mol. The largest absolute Gasteiger partial charge is 0.492 e. The molecule has 0 fully saturated rings. The molecule has 1 aliphatic rings. The zero-order valence-electron chi connectivity index (χ0n) is 13.6. The highest BCUT2D eigenvalue weighted by Crippen LogP contribution is 2.21. The summed E-state index contributed by atoms with van der Waals surface area (Å²) < 4.78 is 5.81. The molecular formula is C18H30N2O. The lowest BCUT2D eigenvalue weighted by atomic mass is 10.1. The maximum absolute atomic E-state index is 5.81. The van der Waals surface area contributed by atoms with Gasteiger partial charge in [-0.25, -0.2) is 0 Å². The summed E-state index contributed by atoms with van der Waals surface area (Å²) in [5, 5.41) is 3.65. The van der Waals surface area contributed by atoms with Crippen LogP contribution in [0, 0.1) is 0 Å². The Morgan fingerprint density at radius 1 is 1.29 bits per heavy atom. The van der Waals surface area contributed by atoms with E-state index in [1.165, 1.54) is 31.2 Å². The summed E-state index contributed by atoms with van der Waals surface area (Å²) >= 11 is 0. The van der Waals surface area contributed by atoms with E-state index in [4.69, 9.17) is 4.74 Å². The molecule has 0 bridgehead atoms. The summed E-state index contributed by atoms with van der Waals surface area (Å²) in [6, 6.07) is 9.03. The van der Waals surface area contributed by atoms with Gasteiger partial charge in [-0.15, -0.1) is 0 Å². The molecule has 0 aromatic heterocycles. The molecule has 1 N–H and O–H groups in total. The molecule has 1 aliphatic heterocycles. The molecule has 1 aromatic rings. The monoisotopic (exact) mass is 290 g/mol. The number of benzene rings is 1. The number of para-hydroxylation sites is 1. The first-order chi connectivity index (χ1) is 10.3. The summed E-state index contributed by atoms with van der Waals surface area (Å²) in [6.45, 7) is 9.53. The van der Waals surface area contributed by atoms with Crippen LogP contribution in [-0.2, 0) is 6.54 Å². The van der Waals surface area contributed by atoms with Crippen molar-refractivity contribution in [3.05, 3.63) is 29.8 Å². The fraction of sp³-hybridized carbons (Fsp3) is 0.667. The third-order valence-corrected chi connectivity index (χ3v) is 4.19. The molecule has 3 heteroatoms. The van der Waals surface area contributed by atoms with Crippen LogP contribution in [0.3, 0.4) is 0 Å². The Hall–Kier alpha value is -1.06. The number of ether oxygens (including phenoxy) is 1. The van der Waals surface area contributed by atoms with Crippen molar-refractivity contribution in [1.82, 2.24) is 10.2 Å². The summed E-state index contributed by atoms with van der Waals surface area (Å²) in [7, 11) is 0. The third kappa shape index (κ3) is 5.68. The van der Waals surface area contributed by atoms with Crippen molar-refractivity contribution in [2.75, 3.05) is 26.2 Å². The van der Waals surface area contributed by atoms with Gasteiger partial charge in [0.05, 0.1) is 0 Å². The van der Waals surface area contributed by atoms with Gasteiger partial charge < -0.3 is 10.1 Å². The van der Waals surface area contributed by atoms with Crippen molar-refractivity contribution in [2.24, 2.45) is 0 Å². The minimum absolute atomic E-state index is 0.632. The van der Waals surface area contributed by atoms with Crippen LogP contribution in [0.25, 0.3) is 0 Å². The fourth-order valence-corrected chi connectivity index (χ4v) is 2.84. The number of hydrogen-bond acceptors (Lipinski definition) is 3. The van der Waals surface area contributed by atoms with Crippen LogP contribution in [0.4, 0.5) is 0 Å². The van der Waals surface area contributed by atoms with Gasteiger partial charge in [0.25, 0.3) is 0 Å². The molecule has 0 saturated heterocycles. The Labute approximate surface area is 129 Å². The van der Waals surface area contributed by atoms with E-state index >= 15 is 0 Å². The van der Waals surface area contributed by atoms with Crippen LogP contribution in [0.5, 0.6) is 5.75 Å². The Morgan fingerprint density at radius 3 is 3.00 bits per heavy atom. The van der Waals surface area contributed by atoms with Gasteiger partial charge in [0.1, 0.15) is 12.4 Å². The first-order valence-corrected chi connectivity index (χ1v) is 8.46. The Morgan fingerprint density at radius 2 is 2.14 bits per heavy atom. The third-order valence-electron chi connectivity index (χ3n) is 4.19. The minimum atomic E-state index is 0.632. The van der Waals surface area contributed by atoms with E-state index in [0.29, 0.717) is 6.04 Å². The van der Waals surface area contributed by atoms with E-state index in [9.17, 15) is 0 Å². The first kappa shape index (κ1) is 16.3. The molecule has 0 aliphatic carbocycles. The van der Waals surface area contributed by atoms with Gasteiger partial charge in [-0.05, 0) is 19.4 Å². The van der Waals surface area contributed by atoms with Crippen molar-refractivity contribution >= 4 is 0 Å². The minimum Gasteiger partial charge on any atom is -0.492 e. The Bertz CT molecular complexity index is 408.